The molecule has 0 amide bonds. The molecule has 2 unspecified atom stereocenters. The zero-order valence-corrected chi connectivity index (χ0v) is 23.1. The minimum absolute atomic E-state index is 0.0526. The van der Waals surface area contributed by atoms with Crippen molar-refractivity contribution < 1.29 is 38.7 Å². The van der Waals surface area contributed by atoms with Crippen LogP contribution in [0.4, 0.5) is 0 Å². The van der Waals surface area contributed by atoms with Gasteiger partial charge in [0, 0.05) is 17.5 Å². The normalized spacial score (nSPS) is 15.8. The summed E-state index contributed by atoms with van der Waals surface area (Å²) in [5.74, 6) is -1.96. The molecule has 0 fully saturated rings. The minimum atomic E-state index is -1.49. The van der Waals surface area contributed by atoms with Crippen LogP contribution in [0, 0.1) is 0 Å². The number of carbonyl (C=O) groups excluding carboxylic acids is 1. The van der Waals surface area contributed by atoms with Gasteiger partial charge < -0.3 is 29.2 Å². The Balaban J connectivity index is 1.12. The van der Waals surface area contributed by atoms with Crippen molar-refractivity contribution in [3.8, 4) is 28.7 Å². The molecule has 0 saturated heterocycles. The van der Waals surface area contributed by atoms with E-state index in [1.807, 2.05) is 60.7 Å². The van der Waals surface area contributed by atoms with Crippen LogP contribution in [0.5, 0.6) is 28.7 Å². The van der Waals surface area contributed by atoms with Gasteiger partial charge >= 0.3 is 5.97 Å². The Hall–Kier alpha value is -5.57. The number of fused-ring (bicyclic) bond motifs is 2. The quantitative estimate of drug-likeness (QED) is 0.220. The molecular weight excluding hydrogens is 550 g/mol. The van der Waals surface area contributed by atoms with Crippen molar-refractivity contribution in [3.05, 3.63) is 119 Å². The molecule has 4 aromatic carbocycles. The number of para-hydroxylation sites is 1. The number of methoxy groups -OCH3 is 1. The van der Waals surface area contributed by atoms with E-state index in [1.165, 1.54) is 19.2 Å². The van der Waals surface area contributed by atoms with Crippen molar-refractivity contribution in [2.75, 3.05) is 7.11 Å². The molecule has 0 aliphatic carbocycles. The molecule has 216 valence electrons. The van der Waals surface area contributed by atoms with Gasteiger partial charge in [-0.3, -0.25) is 4.79 Å². The number of aliphatic carboxylic acids is 1. The number of hydrogen-bond acceptors (Lipinski definition) is 8. The average molecular weight is 578 g/mol. The lowest BCUT2D eigenvalue weighted by atomic mass is 9.83. The average Bonchev–Trinajstić information content (AvgIpc) is 3.03. The largest absolute Gasteiger partial charge is 0.507 e. The number of phenols is 1. The van der Waals surface area contributed by atoms with Gasteiger partial charge in [0.25, 0.3) is 0 Å². The van der Waals surface area contributed by atoms with Gasteiger partial charge in [-0.15, -0.1) is 0 Å². The summed E-state index contributed by atoms with van der Waals surface area (Å²) >= 11 is 0. The molecule has 0 radical (unpaired) electrons. The molecule has 0 bridgehead atoms. The number of rotatable bonds is 9. The molecule has 9 nitrogen and oxygen atoms in total. The fraction of sp³-hybridized carbons (Fsp3) is 0.147. The van der Waals surface area contributed by atoms with E-state index in [1.54, 1.807) is 24.3 Å². The predicted octanol–water partition coefficient (Wildman–Crippen LogP) is 5.92. The van der Waals surface area contributed by atoms with Gasteiger partial charge in [0.05, 0.1) is 24.2 Å². The Bertz CT molecular complexity index is 1800. The number of Topliss-reactive ketones (excluding diaryl/α,β-unsaturated/α-hetero) is 1. The van der Waals surface area contributed by atoms with Crippen LogP contribution in [-0.2, 0) is 18.0 Å². The van der Waals surface area contributed by atoms with Crippen LogP contribution in [0.15, 0.2) is 97.1 Å². The molecule has 0 saturated carbocycles. The van der Waals surface area contributed by atoms with Crippen molar-refractivity contribution in [1.29, 1.82) is 0 Å². The van der Waals surface area contributed by atoms with E-state index in [4.69, 9.17) is 18.9 Å². The van der Waals surface area contributed by atoms with Crippen LogP contribution in [0.3, 0.4) is 0 Å². The van der Waals surface area contributed by atoms with E-state index in [9.17, 15) is 19.8 Å². The van der Waals surface area contributed by atoms with Crippen molar-refractivity contribution in [2.45, 2.75) is 25.2 Å². The summed E-state index contributed by atoms with van der Waals surface area (Å²) in [6, 6.07) is 28.4. The number of nitrogens with zero attached hydrogens (tertiary/aromatic N) is 1. The van der Waals surface area contributed by atoms with Crippen LogP contribution in [-0.4, -0.2) is 40.2 Å². The molecule has 9 heteroatoms. The molecular formula is C34H27NO8. The minimum Gasteiger partial charge on any atom is -0.507 e. The van der Waals surface area contributed by atoms with E-state index < -0.39 is 23.8 Å². The summed E-state index contributed by atoms with van der Waals surface area (Å²) in [6.07, 6.45) is -1.49. The molecule has 2 heterocycles. The van der Waals surface area contributed by atoms with Gasteiger partial charge in [0.15, 0.2) is 5.78 Å². The monoisotopic (exact) mass is 577 g/mol. The summed E-state index contributed by atoms with van der Waals surface area (Å²) in [4.78, 5) is 30.2. The predicted molar refractivity (Wildman–Crippen MR) is 157 cm³/mol. The molecule has 43 heavy (non-hydrogen) atoms. The number of carbonyl (C=O) groups is 2. The second-order valence-corrected chi connectivity index (χ2v) is 10.0. The molecule has 0 spiro atoms. The lowest BCUT2D eigenvalue weighted by molar-refractivity contribution is -0.146. The summed E-state index contributed by atoms with van der Waals surface area (Å²) in [5, 5.41) is 21.7. The van der Waals surface area contributed by atoms with Gasteiger partial charge in [-0.2, -0.15) is 0 Å². The standard InChI is InChI=1S/C34H27NO8/c1-40-24-14-9-22(10-15-24)30-32(37)31-28(36)16-26(17-29(31)43-33(30)34(38)39)41-18-20-6-12-25(13-7-20)42-19-23-11-8-21-4-2-3-5-27(21)35-23/h2-17,30,33,36H,18-19H2,1H3,(H,38,39). The molecule has 2 atom stereocenters. The number of aromatic nitrogens is 1. The van der Waals surface area contributed by atoms with E-state index in [0.717, 1.165) is 22.2 Å². The third kappa shape index (κ3) is 5.78. The first-order valence-electron chi connectivity index (χ1n) is 13.5. The first-order valence-corrected chi connectivity index (χ1v) is 13.5. The number of pyridine rings is 1. The smallest absolute Gasteiger partial charge is 0.346 e. The number of ether oxygens (including phenoxy) is 4. The van der Waals surface area contributed by atoms with Crippen molar-refractivity contribution >= 4 is 22.7 Å². The highest BCUT2D eigenvalue weighted by molar-refractivity contribution is 6.09. The summed E-state index contributed by atoms with van der Waals surface area (Å²) in [6.45, 7) is 0.472. The van der Waals surface area contributed by atoms with Crippen molar-refractivity contribution in [3.63, 3.8) is 0 Å². The first kappa shape index (κ1) is 27.6. The first-order chi connectivity index (χ1) is 20.9. The third-order valence-electron chi connectivity index (χ3n) is 7.23. The highest BCUT2D eigenvalue weighted by Crippen LogP contribution is 2.43. The number of benzene rings is 4. The van der Waals surface area contributed by atoms with Gasteiger partial charge in [-0.1, -0.05) is 48.5 Å². The lowest BCUT2D eigenvalue weighted by Crippen LogP contribution is -2.41. The highest BCUT2D eigenvalue weighted by Gasteiger charge is 2.44. The fourth-order valence-electron chi connectivity index (χ4n) is 5.02. The van der Waals surface area contributed by atoms with Gasteiger partial charge in [0.2, 0.25) is 6.10 Å². The van der Waals surface area contributed by atoms with Gasteiger partial charge in [-0.25, -0.2) is 9.78 Å². The van der Waals surface area contributed by atoms with Crippen LogP contribution in [0.2, 0.25) is 0 Å². The Labute approximate surface area is 246 Å². The van der Waals surface area contributed by atoms with E-state index in [-0.39, 0.29) is 29.4 Å². The van der Waals surface area contributed by atoms with E-state index >= 15 is 0 Å². The Morgan fingerprint density at radius 2 is 1.58 bits per heavy atom. The maximum absolute atomic E-state index is 13.4. The molecule has 2 N–H and O–H groups in total. The maximum Gasteiger partial charge on any atom is 0.346 e. The third-order valence-corrected chi connectivity index (χ3v) is 7.23. The van der Waals surface area contributed by atoms with E-state index in [2.05, 4.69) is 4.98 Å². The second-order valence-electron chi connectivity index (χ2n) is 10.0. The Kier molecular flexibility index (Phi) is 7.53. The maximum atomic E-state index is 13.4. The molecule has 5 aromatic rings. The van der Waals surface area contributed by atoms with Gasteiger partial charge in [0.1, 0.15) is 47.5 Å². The van der Waals surface area contributed by atoms with Crippen LogP contribution < -0.4 is 18.9 Å². The molecule has 6 rings (SSSR count). The highest BCUT2D eigenvalue weighted by atomic mass is 16.5. The van der Waals surface area contributed by atoms with Crippen molar-refractivity contribution in [1.82, 2.24) is 4.98 Å². The summed E-state index contributed by atoms with van der Waals surface area (Å²) < 4.78 is 22.6. The molecule has 1 aromatic heterocycles. The Morgan fingerprint density at radius 3 is 2.33 bits per heavy atom. The van der Waals surface area contributed by atoms with Crippen LogP contribution in [0.1, 0.15) is 33.1 Å². The fourth-order valence-corrected chi connectivity index (χ4v) is 5.02. The number of phenolic OH excluding ortho intramolecular Hbond substituents is 1. The number of carboxylic acids is 1. The van der Waals surface area contributed by atoms with E-state index in [0.29, 0.717) is 23.7 Å². The van der Waals surface area contributed by atoms with Crippen LogP contribution >= 0.6 is 0 Å². The number of hydrogen-bond donors (Lipinski definition) is 2. The summed E-state index contributed by atoms with van der Waals surface area (Å²) in [5.41, 5.74) is 2.90. The zero-order chi connectivity index (χ0) is 29.9. The van der Waals surface area contributed by atoms with Gasteiger partial charge in [-0.05, 0) is 47.5 Å². The second kappa shape index (κ2) is 11.7. The molecule has 1 aliphatic heterocycles. The number of aromatic hydroxyl groups is 1. The lowest BCUT2D eigenvalue weighted by Gasteiger charge is -2.31. The zero-order valence-electron chi connectivity index (χ0n) is 23.1. The van der Waals surface area contributed by atoms with Crippen LogP contribution in [0.25, 0.3) is 10.9 Å². The SMILES string of the molecule is COc1ccc(C2C(=O)c3c(O)cc(OCc4ccc(OCc5ccc6ccccc6n5)cc4)cc3OC2C(=O)O)cc1. The topological polar surface area (TPSA) is 124 Å². The number of carboxylic acid groups (broad SMARTS) is 1. The van der Waals surface area contributed by atoms with Crippen molar-refractivity contribution in [2.24, 2.45) is 0 Å². The summed E-state index contributed by atoms with van der Waals surface area (Å²) in [7, 11) is 1.51. The Morgan fingerprint density at radius 1 is 0.860 bits per heavy atom. The number of ketones is 1. The molecule has 1 aliphatic rings.